The maximum absolute atomic E-state index is 13.2. The minimum absolute atomic E-state index is 0.202. The van der Waals surface area contributed by atoms with Crippen LogP contribution in [0, 0.1) is 5.82 Å². The summed E-state index contributed by atoms with van der Waals surface area (Å²) in [5.74, 6) is -0.263. The van der Waals surface area contributed by atoms with E-state index < -0.39 is 27.8 Å². The summed E-state index contributed by atoms with van der Waals surface area (Å²) in [4.78, 5) is 12.5. The number of nitrogens with one attached hydrogen (secondary N) is 1. The first-order valence-electron chi connectivity index (χ1n) is 9.40. The lowest BCUT2D eigenvalue weighted by atomic mass is 10.1. The Bertz CT molecular complexity index is 1130. The molecular weight excluding hydrogens is 407 g/mol. The molecule has 0 heterocycles. The van der Waals surface area contributed by atoms with E-state index in [1.807, 2.05) is 42.5 Å². The molecule has 158 valence electrons. The molecule has 1 N–H and O–H groups in total. The van der Waals surface area contributed by atoms with Gasteiger partial charge in [-0.1, -0.05) is 36.4 Å². The minimum atomic E-state index is -3.75. The molecule has 8 heteroatoms. The highest BCUT2D eigenvalue weighted by atomic mass is 32.2. The van der Waals surface area contributed by atoms with E-state index >= 15 is 0 Å². The highest BCUT2D eigenvalue weighted by molar-refractivity contribution is 7.92. The van der Waals surface area contributed by atoms with Crippen molar-refractivity contribution in [3.05, 3.63) is 72.5 Å². The third kappa shape index (κ3) is 5.07. The Morgan fingerprint density at radius 3 is 2.43 bits per heavy atom. The van der Waals surface area contributed by atoms with Crippen molar-refractivity contribution in [2.45, 2.75) is 13.0 Å². The number of nitrogens with zero attached hydrogens (tertiary/aromatic N) is 1. The normalized spacial score (nSPS) is 12.4. The van der Waals surface area contributed by atoms with Crippen LogP contribution in [0.3, 0.4) is 0 Å². The molecule has 1 unspecified atom stereocenters. The second-order valence-corrected chi connectivity index (χ2v) is 8.69. The molecule has 1 amide bonds. The van der Waals surface area contributed by atoms with Crippen molar-refractivity contribution >= 4 is 32.4 Å². The summed E-state index contributed by atoms with van der Waals surface area (Å²) >= 11 is 0. The Labute approximate surface area is 175 Å². The maximum Gasteiger partial charge on any atom is 0.243 e. The average Bonchev–Trinajstić information content (AvgIpc) is 2.71. The summed E-state index contributed by atoms with van der Waals surface area (Å²) < 4.78 is 44.4. The fourth-order valence-corrected chi connectivity index (χ4v) is 4.38. The summed E-state index contributed by atoms with van der Waals surface area (Å²) in [6.07, 6.45) is 1.00. The lowest BCUT2D eigenvalue weighted by Crippen LogP contribution is -2.48. The highest BCUT2D eigenvalue weighted by Gasteiger charge is 2.28. The van der Waals surface area contributed by atoms with E-state index in [0.717, 1.165) is 33.5 Å². The van der Waals surface area contributed by atoms with Gasteiger partial charge in [0, 0.05) is 5.39 Å². The van der Waals surface area contributed by atoms with Crippen molar-refractivity contribution < 1.29 is 22.3 Å². The van der Waals surface area contributed by atoms with Crippen LogP contribution in [-0.4, -0.2) is 39.8 Å². The van der Waals surface area contributed by atoms with Gasteiger partial charge in [0.15, 0.2) is 0 Å². The lowest BCUT2D eigenvalue weighted by molar-refractivity contribution is -0.121. The molecule has 3 aromatic carbocycles. The Kier molecular flexibility index (Phi) is 6.56. The number of fused-ring (bicyclic) bond motifs is 1. The molecule has 3 aromatic rings. The van der Waals surface area contributed by atoms with E-state index in [2.05, 4.69) is 5.32 Å². The Morgan fingerprint density at radius 1 is 1.07 bits per heavy atom. The molecule has 0 radical (unpaired) electrons. The molecule has 30 heavy (non-hydrogen) atoms. The van der Waals surface area contributed by atoms with Gasteiger partial charge in [-0.05, 0) is 42.6 Å². The molecule has 0 bridgehead atoms. The highest BCUT2D eigenvalue weighted by Crippen LogP contribution is 2.25. The minimum Gasteiger partial charge on any atom is -0.491 e. The van der Waals surface area contributed by atoms with Gasteiger partial charge in [-0.25, -0.2) is 12.8 Å². The third-order valence-electron chi connectivity index (χ3n) is 4.58. The molecule has 1 atom stereocenters. The Hall–Kier alpha value is -3.13. The maximum atomic E-state index is 13.2. The first kappa shape index (κ1) is 21.6. The van der Waals surface area contributed by atoms with E-state index in [1.54, 1.807) is 0 Å². The second-order valence-electron chi connectivity index (χ2n) is 6.83. The molecule has 0 saturated heterocycles. The molecule has 6 nitrogen and oxygen atoms in total. The van der Waals surface area contributed by atoms with Gasteiger partial charge in [0.25, 0.3) is 0 Å². The van der Waals surface area contributed by atoms with Crippen LogP contribution in [0.1, 0.15) is 6.92 Å². The summed E-state index contributed by atoms with van der Waals surface area (Å²) in [5, 5.41) is 4.71. The van der Waals surface area contributed by atoms with Crippen LogP contribution in [-0.2, 0) is 14.8 Å². The zero-order chi connectivity index (χ0) is 21.7. The number of benzene rings is 3. The van der Waals surface area contributed by atoms with E-state index in [4.69, 9.17) is 4.74 Å². The van der Waals surface area contributed by atoms with Crippen LogP contribution in [0.25, 0.3) is 10.8 Å². The number of amides is 1. The molecule has 3 rings (SSSR count). The van der Waals surface area contributed by atoms with Crippen molar-refractivity contribution in [1.82, 2.24) is 5.32 Å². The molecule has 0 aliphatic heterocycles. The monoisotopic (exact) mass is 430 g/mol. The molecule has 0 aromatic heterocycles. The second kappa shape index (κ2) is 9.13. The zero-order valence-electron chi connectivity index (χ0n) is 16.7. The van der Waals surface area contributed by atoms with Crippen LogP contribution in [0.2, 0.25) is 0 Å². The number of ether oxygens (including phenoxy) is 1. The summed E-state index contributed by atoms with van der Waals surface area (Å²) in [6, 6.07) is 17.5. The van der Waals surface area contributed by atoms with Crippen molar-refractivity contribution in [1.29, 1.82) is 0 Å². The summed E-state index contributed by atoms with van der Waals surface area (Å²) in [7, 11) is -3.75. The number of hydrogen-bond acceptors (Lipinski definition) is 4. The fourth-order valence-electron chi connectivity index (χ4n) is 3.20. The predicted molar refractivity (Wildman–Crippen MR) is 116 cm³/mol. The van der Waals surface area contributed by atoms with E-state index in [0.29, 0.717) is 5.75 Å². The van der Waals surface area contributed by atoms with Crippen LogP contribution < -0.4 is 14.4 Å². The average molecular weight is 431 g/mol. The number of carbonyl (C=O) groups excluding carboxylic acids is 1. The van der Waals surface area contributed by atoms with E-state index in [1.165, 1.54) is 19.1 Å². The smallest absolute Gasteiger partial charge is 0.243 e. The van der Waals surface area contributed by atoms with Gasteiger partial charge in [0.05, 0.1) is 18.5 Å². The van der Waals surface area contributed by atoms with Gasteiger partial charge < -0.3 is 10.1 Å². The number of hydrogen-bond donors (Lipinski definition) is 1. The molecule has 0 aliphatic carbocycles. The SMILES string of the molecule is CC(C(=O)NCCOc1cccc2ccccc12)N(c1ccc(F)cc1)S(C)(=O)=O. The van der Waals surface area contributed by atoms with Gasteiger partial charge in [-0.15, -0.1) is 0 Å². The van der Waals surface area contributed by atoms with Gasteiger partial charge in [0.1, 0.15) is 24.2 Å². The zero-order valence-corrected chi connectivity index (χ0v) is 17.5. The molecule has 0 fully saturated rings. The predicted octanol–water partition coefficient (Wildman–Crippen LogP) is 3.33. The van der Waals surface area contributed by atoms with E-state index in [9.17, 15) is 17.6 Å². The van der Waals surface area contributed by atoms with Crippen LogP contribution in [0.4, 0.5) is 10.1 Å². The van der Waals surface area contributed by atoms with Gasteiger partial charge >= 0.3 is 0 Å². The summed E-state index contributed by atoms with van der Waals surface area (Å²) in [6.45, 7) is 1.90. The number of carbonyl (C=O) groups is 1. The van der Waals surface area contributed by atoms with Crippen molar-refractivity contribution in [3.63, 3.8) is 0 Å². The standard InChI is InChI=1S/C22H23FN2O4S/c1-16(25(30(2,27)28)19-12-10-18(23)11-13-19)22(26)24-14-15-29-21-9-5-7-17-6-3-4-8-20(17)21/h3-13,16H,14-15H2,1-2H3,(H,24,26). The van der Waals surface area contributed by atoms with Gasteiger partial charge in [-0.3, -0.25) is 9.10 Å². The Morgan fingerprint density at radius 2 is 1.73 bits per heavy atom. The number of halogens is 1. The molecular formula is C22H23FN2O4S. The largest absolute Gasteiger partial charge is 0.491 e. The summed E-state index contributed by atoms with van der Waals surface area (Å²) in [5.41, 5.74) is 0.216. The first-order chi connectivity index (χ1) is 14.3. The van der Waals surface area contributed by atoms with E-state index in [-0.39, 0.29) is 18.8 Å². The first-order valence-corrected chi connectivity index (χ1v) is 11.3. The van der Waals surface area contributed by atoms with Crippen molar-refractivity contribution in [3.8, 4) is 5.75 Å². The lowest BCUT2D eigenvalue weighted by Gasteiger charge is -2.28. The van der Waals surface area contributed by atoms with Crippen molar-refractivity contribution in [2.75, 3.05) is 23.7 Å². The van der Waals surface area contributed by atoms with Crippen LogP contribution in [0.5, 0.6) is 5.75 Å². The molecule has 0 spiro atoms. The number of anilines is 1. The quantitative estimate of drug-likeness (QED) is 0.556. The number of rotatable bonds is 8. The van der Waals surface area contributed by atoms with Gasteiger partial charge in [0.2, 0.25) is 15.9 Å². The fraction of sp³-hybridized carbons (Fsp3) is 0.227. The Balaban J connectivity index is 1.62. The van der Waals surface area contributed by atoms with Gasteiger partial charge in [-0.2, -0.15) is 0 Å². The topological polar surface area (TPSA) is 75.7 Å². The number of sulfonamides is 1. The third-order valence-corrected chi connectivity index (χ3v) is 5.82. The van der Waals surface area contributed by atoms with Crippen LogP contribution in [0.15, 0.2) is 66.7 Å². The van der Waals surface area contributed by atoms with Crippen molar-refractivity contribution in [2.24, 2.45) is 0 Å². The molecule has 0 aliphatic rings. The molecule has 0 saturated carbocycles. The van der Waals surface area contributed by atoms with Crippen LogP contribution >= 0.6 is 0 Å².